The second kappa shape index (κ2) is 7.83. The van der Waals surface area contributed by atoms with Gasteiger partial charge in [0.25, 0.3) is 5.91 Å². The third kappa shape index (κ3) is 3.71. The van der Waals surface area contributed by atoms with Crippen molar-refractivity contribution >= 4 is 5.91 Å². The fraction of sp³-hybridized carbons (Fsp3) is 0.346. The molecule has 1 N–H and O–H groups in total. The first kappa shape index (κ1) is 21.4. The predicted molar refractivity (Wildman–Crippen MR) is 122 cm³/mol. The van der Waals surface area contributed by atoms with E-state index in [-0.39, 0.29) is 24.7 Å². The van der Waals surface area contributed by atoms with Crippen LogP contribution in [0.2, 0.25) is 0 Å². The van der Waals surface area contributed by atoms with Gasteiger partial charge in [0.2, 0.25) is 5.43 Å². The van der Waals surface area contributed by atoms with Gasteiger partial charge in [-0.3, -0.25) is 14.3 Å². The van der Waals surface area contributed by atoms with Gasteiger partial charge in [-0.05, 0) is 48.9 Å². The number of rotatable bonds is 3. The van der Waals surface area contributed by atoms with E-state index in [1.165, 1.54) is 34.6 Å². The minimum absolute atomic E-state index is 0.152. The number of nitrogens with zero attached hydrogens (tertiary/aromatic N) is 3. The lowest BCUT2D eigenvalue weighted by Gasteiger charge is -2.40. The van der Waals surface area contributed by atoms with Crippen LogP contribution in [0.15, 0.2) is 59.5 Å². The molecule has 6 nitrogen and oxygen atoms in total. The van der Waals surface area contributed by atoms with Crippen molar-refractivity contribution < 1.29 is 14.3 Å². The zero-order valence-corrected chi connectivity index (χ0v) is 18.7. The monoisotopic (exact) mass is 447 g/mol. The summed E-state index contributed by atoms with van der Waals surface area (Å²) in [7, 11) is 0. The summed E-state index contributed by atoms with van der Waals surface area (Å²) in [5, 5.41) is 14.9. The van der Waals surface area contributed by atoms with Crippen LogP contribution in [0, 0.1) is 0 Å². The van der Waals surface area contributed by atoms with E-state index in [2.05, 4.69) is 29.4 Å². The molecule has 2 heterocycles. The summed E-state index contributed by atoms with van der Waals surface area (Å²) < 4.78 is 16.2. The van der Waals surface area contributed by atoms with Crippen LogP contribution in [-0.4, -0.2) is 44.5 Å². The van der Waals surface area contributed by atoms with Crippen LogP contribution in [0.4, 0.5) is 4.39 Å². The highest BCUT2D eigenvalue weighted by molar-refractivity contribution is 5.95. The van der Waals surface area contributed by atoms with E-state index in [0.29, 0.717) is 0 Å². The van der Waals surface area contributed by atoms with Crippen LogP contribution in [0.3, 0.4) is 0 Å². The molecule has 1 atom stereocenters. The maximum absolute atomic E-state index is 14.7. The lowest BCUT2D eigenvalue weighted by molar-refractivity contribution is 0.0488. The summed E-state index contributed by atoms with van der Waals surface area (Å²) in [5.41, 5.74) is 2.11. The van der Waals surface area contributed by atoms with Crippen molar-refractivity contribution in [1.82, 2.24) is 14.7 Å². The number of benzene rings is 2. The highest BCUT2D eigenvalue weighted by atomic mass is 19.1. The number of alkyl halides is 1. The van der Waals surface area contributed by atoms with Gasteiger partial charge in [0, 0.05) is 12.5 Å². The summed E-state index contributed by atoms with van der Waals surface area (Å²) in [6, 6.07) is 16.0. The molecule has 0 radical (unpaired) electrons. The van der Waals surface area contributed by atoms with Crippen LogP contribution in [0.25, 0.3) is 0 Å². The first-order valence-electron chi connectivity index (χ1n) is 11.2. The van der Waals surface area contributed by atoms with Gasteiger partial charge in [0.15, 0.2) is 11.4 Å². The maximum atomic E-state index is 14.7. The summed E-state index contributed by atoms with van der Waals surface area (Å²) >= 11 is 0. The first-order valence-corrected chi connectivity index (χ1v) is 11.2. The van der Waals surface area contributed by atoms with Crippen molar-refractivity contribution in [2.45, 2.75) is 44.3 Å². The van der Waals surface area contributed by atoms with Crippen molar-refractivity contribution in [1.29, 1.82) is 0 Å². The Labute approximate surface area is 191 Å². The molecule has 7 heteroatoms. The Morgan fingerprint density at radius 3 is 2.18 bits per heavy atom. The van der Waals surface area contributed by atoms with Crippen molar-refractivity contribution in [3.8, 4) is 5.75 Å². The predicted octanol–water partition coefficient (Wildman–Crippen LogP) is 3.62. The molecule has 3 aromatic rings. The third-order valence-electron chi connectivity index (χ3n) is 6.59. The molecular weight excluding hydrogens is 421 g/mol. The van der Waals surface area contributed by atoms with Crippen LogP contribution < -0.4 is 5.43 Å². The SMILES string of the molecule is CC(C)(F)CN1CC(C2c3ccccc3CCc3ccccc32)n2ncc(=O)c(O)c2C1=O. The fourth-order valence-electron chi connectivity index (χ4n) is 5.26. The third-order valence-corrected chi connectivity index (χ3v) is 6.59. The number of hydrogen-bond acceptors (Lipinski definition) is 4. The normalized spacial score (nSPS) is 18.3. The van der Waals surface area contributed by atoms with Crippen LogP contribution >= 0.6 is 0 Å². The smallest absolute Gasteiger partial charge is 0.276 e. The quantitative estimate of drug-likeness (QED) is 0.666. The Morgan fingerprint density at radius 1 is 1.03 bits per heavy atom. The lowest BCUT2D eigenvalue weighted by Crippen LogP contribution is -2.50. The molecule has 1 aliphatic heterocycles. The summed E-state index contributed by atoms with van der Waals surface area (Å²) in [6.07, 6.45) is 2.81. The Kier molecular flexibility index (Phi) is 5.07. The van der Waals surface area contributed by atoms with Gasteiger partial charge >= 0.3 is 0 Å². The molecule has 5 rings (SSSR count). The molecule has 2 aromatic carbocycles. The molecule has 0 bridgehead atoms. The van der Waals surface area contributed by atoms with Gasteiger partial charge in [-0.25, -0.2) is 4.39 Å². The van der Waals surface area contributed by atoms with Crippen LogP contribution in [-0.2, 0) is 12.8 Å². The summed E-state index contributed by atoms with van der Waals surface area (Å²) in [4.78, 5) is 26.8. The van der Waals surface area contributed by atoms with Crippen molar-refractivity contribution in [2.24, 2.45) is 0 Å². The molecule has 1 amide bonds. The molecular formula is C26H26FN3O3. The van der Waals surface area contributed by atoms with E-state index in [1.807, 2.05) is 24.3 Å². The maximum Gasteiger partial charge on any atom is 0.276 e. The van der Waals surface area contributed by atoms with Gasteiger partial charge in [-0.15, -0.1) is 0 Å². The number of aromatic hydroxyl groups is 1. The number of hydrogen-bond donors (Lipinski definition) is 1. The van der Waals surface area contributed by atoms with E-state index < -0.39 is 28.8 Å². The molecule has 1 aliphatic carbocycles. The Balaban J connectivity index is 1.75. The molecule has 0 spiro atoms. The van der Waals surface area contributed by atoms with E-state index in [9.17, 15) is 19.1 Å². The largest absolute Gasteiger partial charge is 0.502 e. The fourth-order valence-corrected chi connectivity index (χ4v) is 5.26. The standard InChI is InChI=1S/C26H26FN3O3/c1-26(2,27)15-29-14-20(30-23(25(29)33)24(32)21(31)13-28-30)22-18-9-5-3-7-16(18)11-12-17-8-4-6-10-19(17)22/h3-10,13,20,22,32H,11-12,14-15H2,1-2H3. The average Bonchev–Trinajstić information content (AvgIpc) is 2.94. The Bertz CT molecular complexity index is 1250. The van der Waals surface area contributed by atoms with E-state index in [0.717, 1.165) is 30.2 Å². The Morgan fingerprint density at radius 2 is 1.61 bits per heavy atom. The number of amides is 1. The second-order valence-electron chi connectivity index (χ2n) is 9.50. The van der Waals surface area contributed by atoms with E-state index in [1.54, 1.807) is 0 Å². The highest BCUT2D eigenvalue weighted by Crippen LogP contribution is 2.43. The van der Waals surface area contributed by atoms with Crippen LogP contribution in [0.5, 0.6) is 5.75 Å². The average molecular weight is 448 g/mol. The van der Waals surface area contributed by atoms with Gasteiger partial charge < -0.3 is 10.0 Å². The Hall–Kier alpha value is -3.48. The molecule has 2 aliphatic rings. The molecule has 1 aromatic heterocycles. The number of aryl methyl sites for hydroxylation is 2. The minimum atomic E-state index is -1.64. The lowest BCUT2D eigenvalue weighted by atomic mass is 9.81. The van der Waals surface area contributed by atoms with Crippen LogP contribution in [0.1, 0.15) is 58.5 Å². The zero-order chi connectivity index (χ0) is 23.3. The van der Waals surface area contributed by atoms with Crippen molar-refractivity contribution in [3.63, 3.8) is 0 Å². The molecule has 33 heavy (non-hydrogen) atoms. The summed E-state index contributed by atoms with van der Waals surface area (Å²) in [6.45, 7) is 2.88. The van der Waals surface area contributed by atoms with E-state index in [4.69, 9.17) is 0 Å². The number of carbonyl (C=O) groups excluding carboxylic acids is 1. The topological polar surface area (TPSA) is 75.4 Å². The molecule has 0 fully saturated rings. The van der Waals surface area contributed by atoms with Crippen molar-refractivity contribution in [3.05, 3.63) is 92.9 Å². The van der Waals surface area contributed by atoms with Gasteiger partial charge in [-0.1, -0.05) is 48.5 Å². The minimum Gasteiger partial charge on any atom is -0.502 e. The van der Waals surface area contributed by atoms with Gasteiger partial charge in [0.1, 0.15) is 5.67 Å². The number of aromatic nitrogens is 2. The van der Waals surface area contributed by atoms with Gasteiger partial charge in [-0.2, -0.15) is 5.10 Å². The molecule has 0 saturated heterocycles. The number of fused-ring (bicyclic) bond motifs is 3. The first-order chi connectivity index (χ1) is 15.7. The molecule has 0 saturated carbocycles. The molecule has 1 unspecified atom stereocenters. The number of halogens is 1. The highest BCUT2D eigenvalue weighted by Gasteiger charge is 2.42. The second-order valence-corrected chi connectivity index (χ2v) is 9.50. The van der Waals surface area contributed by atoms with E-state index >= 15 is 0 Å². The molecule has 170 valence electrons. The van der Waals surface area contributed by atoms with Gasteiger partial charge in [0.05, 0.1) is 18.8 Å². The number of carbonyl (C=O) groups is 1. The van der Waals surface area contributed by atoms with Crippen molar-refractivity contribution in [2.75, 3.05) is 13.1 Å². The zero-order valence-electron chi connectivity index (χ0n) is 18.7. The summed E-state index contributed by atoms with van der Waals surface area (Å²) in [5.74, 6) is -1.42.